The molecule has 6 nitrogen and oxygen atoms in total. The van der Waals surface area contributed by atoms with Crippen molar-refractivity contribution in [3.05, 3.63) is 11.8 Å². The molecule has 1 aliphatic carbocycles. The van der Waals surface area contributed by atoms with Gasteiger partial charge >= 0.3 is 0 Å². The van der Waals surface area contributed by atoms with Crippen LogP contribution in [0.5, 0.6) is 0 Å². The summed E-state index contributed by atoms with van der Waals surface area (Å²) >= 11 is 0. The van der Waals surface area contributed by atoms with Crippen LogP contribution in [0.15, 0.2) is 10.6 Å². The SMILES string of the molecule is CCC12CC1CN(C(=O)c1cc(N3CCOCC3)no1)C2. The van der Waals surface area contributed by atoms with Crippen molar-refractivity contribution in [3.63, 3.8) is 0 Å². The lowest BCUT2D eigenvalue weighted by atomic mass is 10.0. The zero-order valence-electron chi connectivity index (χ0n) is 12.4. The van der Waals surface area contributed by atoms with Crippen molar-refractivity contribution in [1.82, 2.24) is 10.1 Å². The first kappa shape index (κ1) is 13.1. The van der Waals surface area contributed by atoms with Crippen molar-refractivity contribution in [2.45, 2.75) is 19.8 Å². The van der Waals surface area contributed by atoms with Gasteiger partial charge in [0.1, 0.15) is 0 Å². The molecule has 0 N–H and O–H groups in total. The van der Waals surface area contributed by atoms with Crippen LogP contribution in [0.3, 0.4) is 0 Å². The molecule has 2 saturated heterocycles. The first-order valence-electron chi connectivity index (χ1n) is 7.80. The van der Waals surface area contributed by atoms with Crippen molar-refractivity contribution in [3.8, 4) is 0 Å². The van der Waals surface area contributed by atoms with E-state index in [-0.39, 0.29) is 5.91 Å². The molecular formula is C15H21N3O3. The lowest BCUT2D eigenvalue weighted by Crippen LogP contribution is -2.36. The number of amides is 1. The van der Waals surface area contributed by atoms with Crippen LogP contribution in [-0.4, -0.2) is 55.4 Å². The predicted octanol–water partition coefficient (Wildman–Crippen LogP) is 1.38. The Bertz CT molecular complexity index is 548. The van der Waals surface area contributed by atoms with Gasteiger partial charge in [-0.3, -0.25) is 4.79 Å². The van der Waals surface area contributed by atoms with Gasteiger partial charge in [0.15, 0.2) is 5.82 Å². The van der Waals surface area contributed by atoms with E-state index >= 15 is 0 Å². The number of hydrogen-bond acceptors (Lipinski definition) is 5. The van der Waals surface area contributed by atoms with Gasteiger partial charge in [-0.2, -0.15) is 0 Å². The van der Waals surface area contributed by atoms with Crippen LogP contribution in [0.1, 0.15) is 30.3 Å². The molecule has 0 bridgehead atoms. The highest BCUT2D eigenvalue weighted by atomic mass is 16.5. The van der Waals surface area contributed by atoms with E-state index in [2.05, 4.69) is 17.0 Å². The zero-order chi connectivity index (χ0) is 14.4. The fraction of sp³-hybridized carbons (Fsp3) is 0.733. The average Bonchev–Trinajstić information content (AvgIpc) is 2.93. The highest BCUT2D eigenvalue weighted by Gasteiger charge is 2.59. The molecule has 0 spiro atoms. The van der Waals surface area contributed by atoms with Crippen LogP contribution in [0.25, 0.3) is 0 Å². The molecule has 0 radical (unpaired) electrons. The summed E-state index contributed by atoms with van der Waals surface area (Å²) in [4.78, 5) is 16.5. The second-order valence-electron chi connectivity index (χ2n) is 6.45. The van der Waals surface area contributed by atoms with Gasteiger partial charge in [-0.25, -0.2) is 0 Å². The number of rotatable bonds is 3. The number of ether oxygens (including phenoxy) is 1. The summed E-state index contributed by atoms with van der Waals surface area (Å²) in [6.07, 6.45) is 2.44. The van der Waals surface area contributed by atoms with Crippen molar-refractivity contribution in [1.29, 1.82) is 0 Å². The fourth-order valence-electron chi connectivity index (χ4n) is 3.76. The molecule has 3 aliphatic rings. The van der Waals surface area contributed by atoms with Crippen LogP contribution in [0.2, 0.25) is 0 Å². The summed E-state index contributed by atoms with van der Waals surface area (Å²) in [5.74, 6) is 1.80. The van der Waals surface area contributed by atoms with Gasteiger partial charge in [0, 0.05) is 32.2 Å². The van der Waals surface area contributed by atoms with Crippen molar-refractivity contribution >= 4 is 11.7 Å². The molecule has 1 aromatic rings. The van der Waals surface area contributed by atoms with Gasteiger partial charge in [-0.15, -0.1) is 0 Å². The number of likely N-dealkylation sites (tertiary alicyclic amines) is 1. The first-order chi connectivity index (χ1) is 10.2. The molecule has 3 fully saturated rings. The van der Waals surface area contributed by atoms with Gasteiger partial charge in [-0.05, 0) is 24.2 Å². The zero-order valence-corrected chi connectivity index (χ0v) is 12.4. The van der Waals surface area contributed by atoms with Gasteiger partial charge in [0.05, 0.1) is 13.2 Å². The fourth-order valence-corrected chi connectivity index (χ4v) is 3.76. The Morgan fingerprint density at radius 3 is 3.00 bits per heavy atom. The predicted molar refractivity (Wildman–Crippen MR) is 76.3 cm³/mol. The summed E-state index contributed by atoms with van der Waals surface area (Å²) in [6, 6.07) is 1.77. The maximum Gasteiger partial charge on any atom is 0.292 e. The standard InChI is InChI=1S/C15H21N3O3/c1-2-15-8-11(15)9-18(10-15)14(19)12-7-13(16-21-12)17-3-5-20-6-4-17/h7,11H,2-6,8-10H2,1H3. The highest BCUT2D eigenvalue weighted by molar-refractivity contribution is 5.92. The summed E-state index contributed by atoms with van der Waals surface area (Å²) in [5.41, 5.74) is 0.405. The third-order valence-electron chi connectivity index (χ3n) is 5.34. The number of anilines is 1. The van der Waals surface area contributed by atoms with Crippen LogP contribution >= 0.6 is 0 Å². The Morgan fingerprint density at radius 1 is 1.48 bits per heavy atom. The molecule has 0 aromatic carbocycles. The molecule has 114 valence electrons. The summed E-state index contributed by atoms with van der Waals surface area (Å²) in [5, 5.41) is 4.05. The number of carbonyl (C=O) groups is 1. The molecule has 6 heteroatoms. The monoisotopic (exact) mass is 291 g/mol. The largest absolute Gasteiger partial charge is 0.378 e. The van der Waals surface area contributed by atoms with E-state index in [9.17, 15) is 4.79 Å². The van der Waals surface area contributed by atoms with E-state index in [4.69, 9.17) is 9.26 Å². The molecule has 2 aliphatic heterocycles. The third-order valence-corrected chi connectivity index (χ3v) is 5.34. The quantitative estimate of drug-likeness (QED) is 0.842. The van der Waals surface area contributed by atoms with Crippen LogP contribution in [0, 0.1) is 11.3 Å². The lowest BCUT2D eigenvalue weighted by Gasteiger charge is -2.25. The number of morpholine rings is 1. The molecule has 2 unspecified atom stereocenters. The number of piperidine rings is 1. The Balaban J connectivity index is 1.45. The van der Waals surface area contributed by atoms with E-state index in [1.165, 1.54) is 6.42 Å². The minimum atomic E-state index is -0.0120. The van der Waals surface area contributed by atoms with E-state index in [1.807, 2.05) is 4.90 Å². The van der Waals surface area contributed by atoms with Crippen molar-refractivity contribution < 1.29 is 14.1 Å². The minimum absolute atomic E-state index is 0.0120. The molecule has 4 rings (SSSR count). The van der Waals surface area contributed by atoms with Crippen molar-refractivity contribution in [2.24, 2.45) is 11.3 Å². The van der Waals surface area contributed by atoms with E-state index in [0.29, 0.717) is 30.3 Å². The Kier molecular flexibility index (Phi) is 2.96. The third kappa shape index (κ3) is 2.12. The Hall–Kier alpha value is -1.56. The lowest BCUT2D eigenvalue weighted by molar-refractivity contribution is 0.0722. The summed E-state index contributed by atoms with van der Waals surface area (Å²) < 4.78 is 10.6. The number of hydrogen-bond donors (Lipinski definition) is 0. The van der Waals surface area contributed by atoms with Crippen LogP contribution in [0.4, 0.5) is 5.82 Å². The summed E-state index contributed by atoms with van der Waals surface area (Å²) in [6.45, 7) is 6.96. The first-order valence-corrected chi connectivity index (χ1v) is 7.80. The second kappa shape index (κ2) is 4.73. The second-order valence-corrected chi connectivity index (χ2v) is 6.45. The number of carbonyl (C=O) groups excluding carboxylic acids is 1. The Labute approximate surface area is 124 Å². The van der Waals surface area contributed by atoms with Crippen LogP contribution < -0.4 is 4.90 Å². The van der Waals surface area contributed by atoms with Gasteiger partial charge in [0.2, 0.25) is 5.76 Å². The van der Waals surface area contributed by atoms with E-state index < -0.39 is 0 Å². The van der Waals surface area contributed by atoms with Gasteiger partial charge in [0.25, 0.3) is 5.91 Å². The maximum atomic E-state index is 12.5. The molecule has 2 atom stereocenters. The number of fused-ring (bicyclic) bond motifs is 1. The highest BCUT2D eigenvalue weighted by Crippen LogP contribution is 2.60. The van der Waals surface area contributed by atoms with Crippen LogP contribution in [-0.2, 0) is 4.74 Å². The smallest absolute Gasteiger partial charge is 0.292 e. The van der Waals surface area contributed by atoms with E-state index in [1.54, 1.807) is 6.07 Å². The maximum absolute atomic E-state index is 12.5. The molecule has 3 heterocycles. The topological polar surface area (TPSA) is 58.8 Å². The normalized spacial score (nSPS) is 31.4. The average molecular weight is 291 g/mol. The van der Waals surface area contributed by atoms with E-state index in [0.717, 1.165) is 38.4 Å². The molecule has 21 heavy (non-hydrogen) atoms. The van der Waals surface area contributed by atoms with Crippen molar-refractivity contribution in [2.75, 3.05) is 44.3 Å². The molecular weight excluding hydrogens is 270 g/mol. The van der Waals surface area contributed by atoms with Gasteiger partial charge < -0.3 is 19.1 Å². The van der Waals surface area contributed by atoms with Gasteiger partial charge in [-0.1, -0.05) is 12.1 Å². The molecule has 1 amide bonds. The number of aromatic nitrogens is 1. The molecule has 1 saturated carbocycles. The summed E-state index contributed by atoms with van der Waals surface area (Å²) in [7, 11) is 0. The number of nitrogens with zero attached hydrogens (tertiary/aromatic N) is 3. The Morgan fingerprint density at radius 2 is 2.29 bits per heavy atom. The minimum Gasteiger partial charge on any atom is -0.378 e. The molecule has 1 aromatic heterocycles.